The molecular weight excluding hydrogens is 344 g/mol. The van der Waals surface area contributed by atoms with Gasteiger partial charge in [0.1, 0.15) is 17.1 Å². The topological polar surface area (TPSA) is 106 Å². The first kappa shape index (κ1) is 17.2. The van der Waals surface area contributed by atoms with Crippen molar-refractivity contribution in [2.75, 3.05) is 12.3 Å². The molecule has 25 heavy (non-hydrogen) atoms. The highest BCUT2D eigenvalue weighted by atomic mass is 32.2. The van der Waals surface area contributed by atoms with Gasteiger partial charge in [0, 0.05) is 41.7 Å². The van der Waals surface area contributed by atoms with Gasteiger partial charge in [-0.2, -0.15) is 11.8 Å². The number of nitrogens with zero attached hydrogens (tertiary/aromatic N) is 2. The second-order valence-electron chi connectivity index (χ2n) is 5.61. The molecule has 0 bridgehead atoms. The van der Waals surface area contributed by atoms with E-state index in [1.807, 2.05) is 0 Å². The Morgan fingerprint density at radius 1 is 1.40 bits per heavy atom. The number of hydrogen-bond acceptors (Lipinski definition) is 7. The number of para-hydroxylation sites is 1. The Labute approximate surface area is 147 Å². The summed E-state index contributed by atoms with van der Waals surface area (Å²) in [4.78, 5) is 27.5. The molecule has 0 radical (unpaired) electrons. The zero-order valence-corrected chi connectivity index (χ0v) is 14.3. The summed E-state index contributed by atoms with van der Waals surface area (Å²) in [7, 11) is 0. The van der Waals surface area contributed by atoms with Crippen molar-refractivity contribution >= 4 is 23.2 Å². The van der Waals surface area contributed by atoms with Crippen LogP contribution in [0.15, 0.2) is 44.5 Å². The molecule has 0 saturated heterocycles. The standard InChI is InChI=1S/C17H16N2O5S/c1-10-8-14(20)16(17(21)24-10)12-9-15(25-7-6-18-12)11-4-2-3-5-13(11)19(22)23/h2-5,8,15,20H,6-7,9H2,1H3/t15-/m0/s1. The molecule has 1 aliphatic heterocycles. The van der Waals surface area contributed by atoms with Crippen molar-refractivity contribution in [1.82, 2.24) is 0 Å². The minimum Gasteiger partial charge on any atom is -0.507 e. The van der Waals surface area contributed by atoms with Crippen LogP contribution in [0.5, 0.6) is 5.75 Å². The van der Waals surface area contributed by atoms with Crippen LogP contribution in [0.2, 0.25) is 0 Å². The number of nitro groups is 1. The lowest BCUT2D eigenvalue weighted by Crippen LogP contribution is -2.17. The Bertz CT molecular complexity index is 906. The first-order valence-electron chi connectivity index (χ1n) is 7.69. The lowest BCUT2D eigenvalue weighted by molar-refractivity contribution is -0.385. The van der Waals surface area contributed by atoms with Gasteiger partial charge in [0.2, 0.25) is 0 Å². The highest BCUT2D eigenvalue weighted by Gasteiger charge is 2.28. The van der Waals surface area contributed by atoms with Crippen LogP contribution in [-0.4, -0.2) is 28.0 Å². The smallest absolute Gasteiger partial charge is 0.348 e. The average Bonchev–Trinajstić information content (AvgIpc) is 2.80. The summed E-state index contributed by atoms with van der Waals surface area (Å²) in [6.07, 6.45) is 0.302. The Morgan fingerprint density at radius 2 is 2.16 bits per heavy atom. The number of aromatic hydroxyl groups is 1. The fraction of sp³-hybridized carbons (Fsp3) is 0.294. The number of benzene rings is 1. The summed E-state index contributed by atoms with van der Waals surface area (Å²) < 4.78 is 5.07. The molecule has 2 aromatic rings. The van der Waals surface area contributed by atoms with Crippen LogP contribution in [0.1, 0.15) is 28.6 Å². The molecule has 0 unspecified atom stereocenters. The summed E-state index contributed by atoms with van der Waals surface area (Å²) >= 11 is 1.55. The molecular formula is C17H16N2O5S. The maximum absolute atomic E-state index is 12.2. The summed E-state index contributed by atoms with van der Waals surface area (Å²) in [5.41, 5.74) is 0.435. The third-order valence-electron chi connectivity index (χ3n) is 3.91. The van der Waals surface area contributed by atoms with Gasteiger partial charge in [-0.3, -0.25) is 15.1 Å². The van der Waals surface area contributed by atoms with Crippen LogP contribution in [0.4, 0.5) is 5.69 Å². The number of hydrogen-bond donors (Lipinski definition) is 1. The molecule has 1 atom stereocenters. The molecule has 1 aromatic heterocycles. The SMILES string of the molecule is Cc1cc(O)c(C2=NCCS[C@H](c3ccccc3[N+](=O)[O-])C2)c(=O)o1. The van der Waals surface area contributed by atoms with Gasteiger partial charge < -0.3 is 9.52 Å². The van der Waals surface area contributed by atoms with E-state index in [1.165, 1.54) is 12.1 Å². The minimum absolute atomic E-state index is 0.0386. The average molecular weight is 360 g/mol. The molecule has 0 fully saturated rings. The van der Waals surface area contributed by atoms with Crippen LogP contribution < -0.4 is 5.63 Å². The number of aryl methyl sites for hydroxylation is 1. The molecule has 130 valence electrons. The predicted molar refractivity (Wildman–Crippen MR) is 95.7 cm³/mol. The maximum Gasteiger partial charge on any atom is 0.348 e. The molecule has 0 spiro atoms. The van der Waals surface area contributed by atoms with E-state index in [4.69, 9.17) is 4.42 Å². The largest absolute Gasteiger partial charge is 0.507 e. The van der Waals surface area contributed by atoms with Gasteiger partial charge in [-0.25, -0.2) is 4.79 Å². The van der Waals surface area contributed by atoms with E-state index >= 15 is 0 Å². The quantitative estimate of drug-likeness (QED) is 0.665. The fourth-order valence-corrected chi connectivity index (χ4v) is 3.98. The predicted octanol–water partition coefficient (Wildman–Crippen LogP) is 3.23. The third-order valence-corrected chi connectivity index (χ3v) is 5.16. The molecule has 0 amide bonds. The molecule has 1 N–H and O–H groups in total. The van der Waals surface area contributed by atoms with E-state index in [0.717, 1.165) is 0 Å². The lowest BCUT2D eigenvalue weighted by atomic mass is 10.0. The van der Waals surface area contributed by atoms with Crippen molar-refractivity contribution < 1.29 is 14.4 Å². The minimum atomic E-state index is -0.649. The monoisotopic (exact) mass is 360 g/mol. The Hall–Kier alpha value is -2.61. The van der Waals surface area contributed by atoms with Crippen molar-refractivity contribution in [3.05, 3.63) is 67.8 Å². The molecule has 3 rings (SSSR count). The fourth-order valence-electron chi connectivity index (χ4n) is 2.84. The molecule has 1 aliphatic rings. The van der Waals surface area contributed by atoms with E-state index in [2.05, 4.69) is 4.99 Å². The molecule has 1 aromatic carbocycles. The summed E-state index contributed by atoms with van der Waals surface area (Å²) in [6, 6.07) is 7.93. The van der Waals surface area contributed by atoms with Crippen LogP contribution in [-0.2, 0) is 0 Å². The van der Waals surface area contributed by atoms with Crippen molar-refractivity contribution in [3.63, 3.8) is 0 Å². The van der Waals surface area contributed by atoms with Gasteiger partial charge in [-0.15, -0.1) is 0 Å². The first-order valence-corrected chi connectivity index (χ1v) is 8.74. The zero-order chi connectivity index (χ0) is 18.0. The van der Waals surface area contributed by atoms with Gasteiger partial charge in [0.25, 0.3) is 5.69 Å². The number of aliphatic imine (C=N–C) groups is 1. The molecule has 7 nitrogen and oxygen atoms in total. The van der Waals surface area contributed by atoms with Crippen molar-refractivity contribution in [2.24, 2.45) is 4.99 Å². The Kier molecular flexibility index (Phi) is 4.89. The number of rotatable bonds is 3. The van der Waals surface area contributed by atoms with E-state index in [0.29, 0.717) is 35.8 Å². The highest BCUT2D eigenvalue weighted by molar-refractivity contribution is 7.99. The normalized spacial score (nSPS) is 17.6. The Morgan fingerprint density at radius 3 is 2.88 bits per heavy atom. The summed E-state index contributed by atoms with van der Waals surface area (Å²) in [5, 5.41) is 21.2. The second kappa shape index (κ2) is 7.10. The van der Waals surface area contributed by atoms with E-state index in [-0.39, 0.29) is 22.3 Å². The van der Waals surface area contributed by atoms with Crippen LogP contribution in [0.25, 0.3) is 0 Å². The Balaban J connectivity index is 2.02. The van der Waals surface area contributed by atoms with Crippen molar-refractivity contribution in [3.8, 4) is 5.75 Å². The first-order chi connectivity index (χ1) is 12.0. The van der Waals surface area contributed by atoms with Gasteiger partial charge in [-0.05, 0) is 6.92 Å². The van der Waals surface area contributed by atoms with Crippen LogP contribution in [0, 0.1) is 17.0 Å². The highest BCUT2D eigenvalue weighted by Crippen LogP contribution is 2.39. The molecule has 0 aliphatic carbocycles. The number of nitro benzene ring substituents is 1. The van der Waals surface area contributed by atoms with Crippen LogP contribution >= 0.6 is 11.8 Å². The second-order valence-corrected chi connectivity index (χ2v) is 6.92. The maximum atomic E-state index is 12.2. The summed E-state index contributed by atoms with van der Waals surface area (Å²) in [6.45, 7) is 2.04. The van der Waals surface area contributed by atoms with Gasteiger partial charge >= 0.3 is 5.63 Å². The van der Waals surface area contributed by atoms with Gasteiger partial charge in [0.05, 0.1) is 10.6 Å². The van der Waals surface area contributed by atoms with E-state index in [1.54, 1.807) is 36.9 Å². The number of thioether (sulfide) groups is 1. The third kappa shape index (κ3) is 3.58. The van der Waals surface area contributed by atoms with Crippen molar-refractivity contribution in [2.45, 2.75) is 18.6 Å². The lowest BCUT2D eigenvalue weighted by Gasteiger charge is -2.15. The van der Waals surface area contributed by atoms with Crippen molar-refractivity contribution in [1.29, 1.82) is 0 Å². The van der Waals surface area contributed by atoms with Gasteiger partial charge in [-0.1, -0.05) is 18.2 Å². The molecule has 8 heteroatoms. The van der Waals surface area contributed by atoms with Gasteiger partial charge in [0.15, 0.2) is 0 Å². The summed E-state index contributed by atoms with van der Waals surface area (Å²) in [5.74, 6) is 0.795. The van der Waals surface area contributed by atoms with E-state index in [9.17, 15) is 20.0 Å². The van der Waals surface area contributed by atoms with E-state index < -0.39 is 10.5 Å². The molecule has 0 saturated carbocycles. The molecule has 2 heterocycles. The van der Waals surface area contributed by atoms with Crippen LogP contribution in [0.3, 0.4) is 0 Å². The zero-order valence-electron chi connectivity index (χ0n) is 13.5.